The van der Waals surface area contributed by atoms with Gasteiger partial charge in [0.2, 0.25) is 11.8 Å². The van der Waals surface area contributed by atoms with Crippen LogP contribution in [0.5, 0.6) is 0 Å². The summed E-state index contributed by atoms with van der Waals surface area (Å²) in [5.74, 6) is -0.674. The molecule has 1 aliphatic heterocycles. The van der Waals surface area contributed by atoms with Crippen molar-refractivity contribution in [3.05, 3.63) is 71.4 Å². The van der Waals surface area contributed by atoms with Crippen molar-refractivity contribution in [2.45, 2.75) is 31.7 Å². The highest BCUT2D eigenvalue weighted by Gasteiger charge is 2.22. The highest BCUT2D eigenvalue weighted by atomic mass is 35.5. The number of H-pyrrole nitrogens is 1. The van der Waals surface area contributed by atoms with E-state index >= 15 is 0 Å². The Morgan fingerprint density at radius 2 is 2.05 bits per heavy atom. The van der Waals surface area contributed by atoms with Crippen LogP contribution in [0.15, 0.2) is 55.0 Å². The maximum Gasteiger partial charge on any atom is 0.411 e. The monoisotopic (exact) mass is 603 g/mol. The highest BCUT2D eigenvalue weighted by molar-refractivity contribution is 6.30. The van der Waals surface area contributed by atoms with Crippen molar-refractivity contribution in [2.24, 2.45) is 0 Å². The summed E-state index contributed by atoms with van der Waals surface area (Å²) in [5.41, 5.74) is 3.09. The molecule has 5 rings (SSSR count). The lowest BCUT2D eigenvalue weighted by Gasteiger charge is -2.16. The molecule has 15 heteroatoms. The van der Waals surface area contributed by atoms with Crippen molar-refractivity contribution in [1.29, 1.82) is 0 Å². The molecule has 220 valence electrons. The van der Waals surface area contributed by atoms with E-state index in [0.29, 0.717) is 57.6 Å². The second-order valence-corrected chi connectivity index (χ2v) is 10.0. The third kappa shape index (κ3) is 7.29. The summed E-state index contributed by atoms with van der Waals surface area (Å²) < 4.78 is 6.10. The van der Waals surface area contributed by atoms with Crippen molar-refractivity contribution in [3.8, 4) is 16.9 Å². The molecular formula is C28H26ClN9O5. The fourth-order valence-electron chi connectivity index (χ4n) is 4.55. The van der Waals surface area contributed by atoms with E-state index in [2.05, 4.69) is 46.2 Å². The van der Waals surface area contributed by atoms with E-state index < -0.39 is 23.9 Å². The zero-order valence-electron chi connectivity index (χ0n) is 22.8. The van der Waals surface area contributed by atoms with Crippen molar-refractivity contribution in [2.75, 3.05) is 17.7 Å². The molecule has 3 heterocycles. The maximum absolute atomic E-state index is 13.1. The van der Waals surface area contributed by atoms with Gasteiger partial charge in [-0.15, -0.1) is 5.10 Å². The third-order valence-electron chi connectivity index (χ3n) is 6.56. The van der Waals surface area contributed by atoms with E-state index in [4.69, 9.17) is 11.6 Å². The highest BCUT2D eigenvalue weighted by Crippen LogP contribution is 2.32. The van der Waals surface area contributed by atoms with Gasteiger partial charge in [0.15, 0.2) is 0 Å². The number of amides is 3. The molecule has 1 atom stereocenters. The quantitative estimate of drug-likeness (QED) is 0.194. The van der Waals surface area contributed by atoms with Gasteiger partial charge in [0.05, 0.1) is 42.8 Å². The van der Waals surface area contributed by atoms with Crippen LogP contribution in [0.25, 0.3) is 23.0 Å². The molecule has 14 nitrogen and oxygen atoms in total. The summed E-state index contributed by atoms with van der Waals surface area (Å²) in [6, 6.07) is 9.42. The van der Waals surface area contributed by atoms with Crippen LogP contribution in [-0.2, 0) is 19.1 Å². The number of aromatic nitrogens is 6. The molecule has 1 aliphatic rings. The molecule has 3 amide bonds. The fourth-order valence-corrected chi connectivity index (χ4v) is 4.73. The number of benzene rings is 2. The number of Topliss-reactive ketones (excluding diaryl/α,β-unsaturated/α-hetero) is 1. The zero-order valence-corrected chi connectivity index (χ0v) is 23.6. The van der Waals surface area contributed by atoms with Crippen LogP contribution in [0, 0.1) is 0 Å². The standard InChI is InChI=1S/C28H26ClN9O5/c1-43-28(42)32-18-7-8-20-22(12-18)34-26(41)13-19(39)3-2-4-21(27-30-14-23(20)35-27)33-25(40)10-5-16-11-17(29)6-9-24(16)38-15-31-36-37-38/h5-12,14-15,21H,2-4,13H2,1H3,(H,30,35)(H,32,42)(H,33,40)(H,34,41)/t21-/m0/s1. The SMILES string of the molecule is COC(=O)Nc1ccc2c(c1)NC(=O)CC(=O)CCC[C@H](NC(=O)C=Cc1cc(Cl)ccc1-n1cnnn1)c1ncc-2[nH]1. The molecule has 0 radical (unpaired) electrons. The van der Waals surface area contributed by atoms with Gasteiger partial charge in [-0.25, -0.2) is 9.78 Å². The lowest BCUT2D eigenvalue weighted by Crippen LogP contribution is -2.28. The number of hydrogen-bond acceptors (Lipinski definition) is 9. The van der Waals surface area contributed by atoms with Gasteiger partial charge in [-0.1, -0.05) is 11.6 Å². The van der Waals surface area contributed by atoms with Crippen molar-refractivity contribution < 1.29 is 23.9 Å². The van der Waals surface area contributed by atoms with E-state index in [0.717, 1.165) is 0 Å². The second-order valence-electron chi connectivity index (χ2n) is 9.57. The lowest BCUT2D eigenvalue weighted by molar-refractivity contribution is -0.125. The molecule has 0 saturated heterocycles. The molecule has 0 saturated carbocycles. The number of anilines is 2. The maximum atomic E-state index is 13.1. The number of ether oxygens (including phenoxy) is 1. The summed E-state index contributed by atoms with van der Waals surface area (Å²) in [7, 11) is 1.24. The Kier molecular flexibility index (Phi) is 8.86. The van der Waals surface area contributed by atoms with Crippen LogP contribution in [0.3, 0.4) is 0 Å². The Balaban J connectivity index is 1.41. The van der Waals surface area contributed by atoms with Gasteiger partial charge in [0.1, 0.15) is 17.9 Å². The molecule has 2 aromatic heterocycles. The van der Waals surface area contributed by atoms with Gasteiger partial charge in [-0.05, 0) is 65.7 Å². The van der Waals surface area contributed by atoms with Gasteiger partial charge in [-0.2, -0.15) is 4.68 Å². The van der Waals surface area contributed by atoms with Crippen LogP contribution in [0.4, 0.5) is 16.2 Å². The van der Waals surface area contributed by atoms with Crippen LogP contribution in [-0.4, -0.2) is 61.0 Å². The largest absolute Gasteiger partial charge is 0.453 e. The van der Waals surface area contributed by atoms with E-state index in [1.165, 1.54) is 24.2 Å². The molecular weight excluding hydrogens is 578 g/mol. The van der Waals surface area contributed by atoms with E-state index in [-0.39, 0.29) is 18.6 Å². The first kappa shape index (κ1) is 29.1. The number of nitrogens with zero attached hydrogens (tertiary/aromatic N) is 5. The molecule has 4 N–H and O–H groups in total. The molecule has 0 spiro atoms. The summed E-state index contributed by atoms with van der Waals surface area (Å²) in [5, 5.41) is 19.9. The zero-order chi connectivity index (χ0) is 30.3. The Labute approximate surface area is 249 Å². The number of hydrogen-bond donors (Lipinski definition) is 4. The first-order chi connectivity index (χ1) is 20.8. The molecule has 4 aromatic rings. The number of aromatic amines is 1. The first-order valence-electron chi connectivity index (χ1n) is 13.2. The van der Waals surface area contributed by atoms with Crippen molar-refractivity contribution in [3.63, 3.8) is 0 Å². The number of tetrazole rings is 1. The van der Waals surface area contributed by atoms with Crippen LogP contribution in [0.1, 0.15) is 43.1 Å². The van der Waals surface area contributed by atoms with Gasteiger partial charge >= 0.3 is 6.09 Å². The average Bonchev–Trinajstić information content (AvgIpc) is 3.68. The van der Waals surface area contributed by atoms with E-state index in [1.54, 1.807) is 48.7 Å². The van der Waals surface area contributed by atoms with Gasteiger partial charge in [0, 0.05) is 34.3 Å². The minimum atomic E-state index is -0.676. The van der Waals surface area contributed by atoms with E-state index in [9.17, 15) is 19.2 Å². The number of carbonyl (C=O) groups excluding carboxylic acids is 4. The summed E-state index contributed by atoms with van der Waals surface area (Å²) in [4.78, 5) is 57.7. The number of ketones is 1. The van der Waals surface area contributed by atoms with E-state index in [1.807, 2.05) is 0 Å². The normalized spacial score (nSPS) is 15.4. The number of nitrogens with one attached hydrogen (secondary N) is 4. The van der Waals surface area contributed by atoms with Crippen LogP contribution >= 0.6 is 11.6 Å². The van der Waals surface area contributed by atoms with Crippen molar-refractivity contribution in [1.82, 2.24) is 35.5 Å². The molecule has 0 aliphatic carbocycles. The molecule has 0 fully saturated rings. The second kappa shape index (κ2) is 13.1. The predicted octanol–water partition coefficient (Wildman–Crippen LogP) is 3.84. The smallest absolute Gasteiger partial charge is 0.411 e. The Morgan fingerprint density at radius 1 is 1.19 bits per heavy atom. The van der Waals surface area contributed by atoms with Crippen LogP contribution in [0.2, 0.25) is 5.02 Å². The molecule has 2 bridgehead atoms. The van der Waals surface area contributed by atoms with Gasteiger partial charge in [-0.3, -0.25) is 19.7 Å². The Hall–Kier alpha value is -5.37. The average molecular weight is 604 g/mol. The number of rotatable bonds is 5. The first-order valence-corrected chi connectivity index (χ1v) is 13.5. The Morgan fingerprint density at radius 3 is 2.84 bits per heavy atom. The van der Waals surface area contributed by atoms with Gasteiger partial charge in [0.25, 0.3) is 0 Å². The summed E-state index contributed by atoms with van der Waals surface area (Å²) in [6.07, 6.45) is 5.93. The van der Waals surface area contributed by atoms with Crippen LogP contribution < -0.4 is 16.0 Å². The van der Waals surface area contributed by atoms with Gasteiger partial charge < -0.3 is 20.4 Å². The Bertz CT molecular complexity index is 1700. The third-order valence-corrected chi connectivity index (χ3v) is 6.80. The summed E-state index contributed by atoms with van der Waals surface area (Å²) in [6.45, 7) is 0. The number of methoxy groups -OCH3 is 1. The summed E-state index contributed by atoms with van der Waals surface area (Å²) >= 11 is 6.18. The van der Waals surface area contributed by atoms with Crippen molar-refractivity contribution >= 4 is 52.7 Å². The molecule has 2 aromatic carbocycles. The number of imidazole rings is 1. The minimum Gasteiger partial charge on any atom is -0.453 e. The number of fused-ring (bicyclic) bond motifs is 4. The number of carbonyl (C=O) groups is 4. The minimum absolute atomic E-state index is 0.137. The fraction of sp³-hybridized carbons (Fsp3) is 0.214. The number of halogens is 1. The predicted molar refractivity (Wildman–Crippen MR) is 156 cm³/mol. The molecule has 0 unspecified atom stereocenters. The topological polar surface area (TPSA) is 186 Å². The molecule has 43 heavy (non-hydrogen) atoms. The lowest BCUT2D eigenvalue weighted by atomic mass is 10.0.